The molecule has 0 unspecified atom stereocenters. The second-order valence-electron chi connectivity index (χ2n) is 7.04. The number of para-hydroxylation sites is 1. The van der Waals surface area contributed by atoms with Gasteiger partial charge >= 0.3 is 0 Å². The molecule has 0 atom stereocenters. The lowest BCUT2D eigenvalue weighted by Gasteiger charge is -2.16. The standard InChI is InChI=1S/C23H21N3OS/c1-16(2)15-28-22-13-19-20(14-21(22)27)26(18-11-7-4-8-12-18)25-23(24-19)17-9-5-3-6-10-17/h3-14,16H,15H2,1-2H3. The molecule has 0 fully saturated rings. The highest BCUT2D eigenvalue weighted by Crippen LogP contribution is 2.28. The zero-order valence-corrected chi connectivity index (χ0v) is 16.7. The molecule has 0 saturated heterocycles. The number of hydrogen-bond donors (Lipinski definition) is 0. The molecule has 0 bridgehead atoms. The Hall–Kier alpha value is -2.92. The van der Waals surface area contributed by atoms with Crippen LogP contribution in [0.1, 0.15) is 13.8 Å². The van der Waals surface area contributed by atoms with E-state index in [4.69, 9.17) is 10.1 Å². The van der Waals surface area contributed by atoms with Crippen LogP contribution in [0.4, 0.5) is 0 Å². The summed E-state index contributed by atoms with van der Waals surface area (Å²) < 4.78 is 1.81. The summed E-state index contributed by atoms with van der Waals surface area (Å²) in [6.07, 6.45) is 0. The molecule has 0 N–H and O–H groups in total. The Balaban J connectivity index is 1.93. The van der Waals surface area contributed by atoms with Gasteiger partial charge < -0.3 is 0 Å². The van der Waals surface area contributed by atoms with Crippen LogP contribution in [0, 0.1) is 5.92 Å². The molecule has 1 aliphatic carbocycles. The van der Waals surface area contributed by atoms with Gasteiger partial charge in [-0.25, -0.2) is 9.67 Å². The number of aromatic nitrogens is 3. The van der Waals surface area contributed by atoms with Crippen LogP contribution in [0.2, 0.25) is 0 Å². The first-order valence-electron chi connectivity index (χ1n) is 9.30. The van der Waals surface area contributed by atoms with Gasteiger partial charge in [-0.2, -0.15) is 0 Å². The van der Waals surface area contributed by atoms with Crippen LogP contribution in [-0.4, -0.2) is 20.5 Å². The highest BCUT2D eigenvalue weighted by Gasteiger charge is 2.17. The Morgan fingerprint density at radius 1 is 0.964 bits per heavy atom. The molecule has 0 spiro atoms. The second-order valence-corrected chi connectivity index (χ2v) is 8.10. The molecular weight excluding hydrogens is 366 g/mol. The summed E-state index contributed by atoms with van der Waals surface area (Å²) in [5, 5.41) is 4.75. The van der Waals surface area contributed by atoms with E-state index in [0.717, 1.165) is 27.6 Å². The summed E-state index contributed by atoms with van der Waals surface area (Å²) >= 11 is 1.59. The largest absolute Gasteiger partial charge is 0.289 e. The average Bonchev–Trinajstić information content (AvgIpc) is 2.73. The van der Waals surface area contributed by atoms with Crippen LogP contribution in [-0.2, 0) is 0 Å². The summed E-state index contributed by atoms with van der Waals surface area (Å²) in [6, 6.07) is 23.3. The highest BCUT2D eigenvalue weighted by atomic mass is 32.2. The van der Waals surface area contributed by atoms with Crippen molar-refractivity contribution >= 4 is 11.8 Å². The Labute approximate surface area is 168 Å². The van der Waals surface area contributed by atoms with Gasteiger partial charge in [0.25, 0.3) is 0 Å². The molecule has 2 aliphatic rings. The Bertz CT molecular complexity index is 1110. The molecule has 0 saturated carbocycles. The van der Waals surface area contributed by atoms with Gasteiger partial charge in [0.2, 0.25) is 0 Å². The van der Waals surface area contributed by atoms with Crippen molar-refractivity contribution in [2.45, 2.75) is 18.7 Å². The molecule has 0 aromatic heterocycles. The second kappa shape index (κ2) is 7.98. The van der Waals surface area contributed by atoms with E-state index in [1.54, 1.807) is 17.8 Å². The Kier molecular flexibility index (Phi) is 5.26. The summed E-state index contributed by atoms with van der Waals surface area (Å²) in [4.78, 5) is 18.2. The third-order valence-corrected chi connectivity index (χ3v) is 5.76. The molecule has 2 aromatic rings. The minimum atomic E-state index is 0.0129. The molecule has 2 aromatic carbocycles. The smallest absolute Gasteiger partial charge is 0.194 e. The maximum Gasteiger partial charge on any atom is 0.194 e. The van der Waals surface area contributed by atoms with E-state index >= 15 is 0 Å². The third-order valence-electron chi connectivity index (χ3n) is 4.30. The number of nitrogens with zero attached hydrogens (tertiary/aromatic N) is 3. The maximum atomic E-state index is 12.7. The lowest BCUT2D eigenvalue weighted by atomic mass is 10.1. The summed E-state index contributed by atoms with van der Waals surface area (Å²) in [5.74, 6) is 2.05. The van der Waals surface area contributed by atoms with Gasteiger partial charge in [0.15, 0.2) is 11.3 Å². The number of fused-ring (bicyclic) bond motifs is 1. The molecule has 4 rings (SSSR count). The minimum absolute atomic E-state index is 0.0129. The molecule has 4 nitrogen and oxygen atoms in total. The van der Waals surface area contributed by atoms with Crippen molar-refractivity contribution in [3.63, 3.8) is 0 Å². The number of hydrogen-bond acceptors (Lipinski definition) is 4. The van der Waals surface area contributed by atoms with E-state index in [1.165, 1.54) is 0 Å². The number of benzene rings is 3. The lowest BCUT2D eigenvalue weighted by Crippen LogP contribution is -2.15. The maximum absolute atomic E-state index is 12.7. The van der Waals surface area contributed by atoms with E-state index in [1.807, 2.05) is 71.4 Å². The predicted molar refractivity (Wildman–Crippen MR) is 115 cm³/mol. The van der Waals surface area contributed by atoms with Crippen LogP contribution in [0.25, 0.3) is 28.5 Å². The van der Waals surface area contributed by atoms with E-state index in [-0.39, 0.29) is 5.43 Å². The van der Waals surface area contributed by atoms with Crippen molar-refractivity contribution in [1.29, 1.82) is 0 Å². The summed E-state index contributed by atoms with van der Waals surface area (Å²) in [5.41, 5.74) is 3.33. The zero-order chi connectivity index (χ0) is 19.5. The Morgan fingerprint density at radius 3 is 2.32 bits per heavy atom. The summed E-state index contributed by atoms with van der Waals surface area (Å²) in [7, 11) is 0. The fourth-order valence-electron chi connectivity index (χ4n) is 2.93. The predicted octanol–water partition coefficient (Wildman–Crippen LogP) is 5.15. The summed E-state index contributed by atoms with van der Waals surface area (Å²) in [6.45, 7) is 4.30. The third kappa shape index (κ3) is 3.85. The van der Waals surface area contributed by atoms with Gasteiger partial charge in [-0.15, -0.1) is 16.9 Å². The minimum Gasteiger partial charge on any atom is -0.289 e. The first-order valence-corrected chi connectivity index (χ1v) is 10.3. The van der Waals surface area contributed by atoms with Gasteiger partial charge in [-0.3, -0.25) is 4.79 Å². The fourth-order valence-corrected chi connectivity index (χ4v) is 3.84. The van der Waals surface area contributed by atoms with E-state index in [2.05, 4.69) is 13.8 Å². The van der Waals surface area contributed by atoms with Crippen molar-refractivity contribution < 1.29 is 0 Å². The quantitative estimate of drug-likeness (QED) is 0.445. The molecule has 5 heteroatoms. The van der Waals surface area contributed by atoms with Gasteiger partial charge in [0.05, 0.1) is 22.0 Å². The zero-order valence-electron chi connectivity index (χ0n) is 15.9. The molecule has 1 aliphatic heterocycles. The van der Waals surface area contributed by atoms with Gasteiger partial charge in [-0.1, -0.05) is 62.4 Å². The van der Waals surface area contributed by atoms with Gasteiger partial charge in [-0.05, 0) is 24.1 Å². The van der Waals surface area contributed by atoms with Crippen molar-refractivity contribution in [2.75, 3.05) is 5.75 Å². The van der Waals surface area contributed by atoms with Gasteiger partial charge in [0.1, 0.15) is 0 Å². The van der Waals surface area contributed by atoms with E-state index < -0.39 is 0 Å². The average molecular weight is 388 g/mol. The first kappa shape index (κ1) is 18.4. The normalized spacial score (nSPS) is 11.2. The van der Waals surface area contributed by atoms with Gasteiger partial charge in [0, 0.05) is 17.4 Å². The lowest BCUT2D eigenvalue weighted by molar-refractivity contribution is 0.750. The first-order chi connectivity index (χ1) is 13.6. The van der Waals surface area contributed by atoms with Crippen molar-refractivity contribution in [3.05, 3.63) is 83.0 Å². The molecule has 28 heavy (non-hydrogen) atoms. The SMILES string of the molecule is CC(C)CSc1cc2nc(-c3ccccc3)nn(-c3ccccc3)c-2cc1=O. The highest BCUT2D eigenvalue weighted by molar-refractivity contribution is 7.99. The van der Waals surface area contributed by atoms with E-state index in [0.29, 0.717) is 17.4 Å². The molecule has 0 amide bonds. The van der Waals surface area contributed by atoms with Crippen LogP contribution < -0.4 is 5.43 Å². The fraction of sp³-hybridized carbons (Fsp3) is 0.174. The molecular formula is C23H21N3OS. The van der Waals surface area contributed by atoms with Crippen molar-refractivity contribution in [3.8, 4) is 28.5 Å². The monoisotopic (exact) mass is 387 g/mol. The molecule has 0 radical (unpaired) electrons. The Morgan fingerprint density at radius 2 is 1.64 bits per heavy atom. The topological polar surface area (TPSA) is 47.8 Å². The van der Waals surface area contributed by atoms with Crippen molar-refractivity contribution in [1.82, 2.24) is 14.8 Å². The van der Waals surface area contributed by atoms with Crippen LogP contribution in [0.3, 0.4) is 0 Å². The van der Waals surface area contributed by atoms with Crippen LogP contribution in [0.15, 0.2) is 82.5 Å². The van der Waals surface area contributed by atoms with E-state index in [9.17, 15) is 4.79 Å². The molecule has 140 valence electrons. The number of thioether (sulfide) groups is 1. The van der Waals surface area contributed by atoms with Crippen molar-refractivity contribution in [2.24, 2.45) is 5.92 Å². The number of rotatable bonds is 5. The molecule has 1 heterocycles. The van der Waals surface area contributed by atoms with Crippen LogP contribution >= 0.6 is 11.8 Å². The van der Waals surface area contributed by atoms with Crippen LogP contribution in [0.5, 0.6) is 0 Å².